The van der Waals surface area contributed by atoms with Crippen LogP contribution in [0.15, 0.2) is 36.5 Å². The number of amides is 2. The van der Waals surface area contributed by atoms with Gasteiger partial charge in [0.05, 0.1) is 17.2 Å². The van der Waals surface area contributed by atoms with E-state index < -0.39 is 0 Å². The first kappa shape index (κ1) is 19.5. The predicted octanol–water partition coefficient (Wildman–Crippen LogP) is 5.24. The van der Waals surface area contributed by atoms with Crippen LogP contribution in [0.3, 0.4) is 0 Å². The average Bonchev–Trinajstić information content (AvgIpc) is 3.25. The van der Waals surface area contributed by atoms with Crippen LogP contribution in [0.25, 0.3) is 22.2 Å². The van der Waals surface area contributed by atoms with Crippen molar-refractivity contribution in [1.29, 1.82) is 0 Å². The molecule has 0 bridgehead atoms. The molecule has 2 N–H and O–H groups in total. The molecule has 1 fully saturated rings. The van der Waals surface area contributed by atoms with Crippen LogP contribution in [0, 0.1) is 13.8 Å². The van der Waals surface area contributed by atoms with Crippen LogP contribution in [0.1, 0.15) is 36.8 Å². The number of nitrogens with zero attached hydrogens (tertiary/aromatic N) is 3. The SMILES string of the molecule is Cc1cc(-c2ccc3ncc(NC(=O)N(S)C4CCCC4)nc3c2)cc(C)c1O. The third kappa shape index (κ3) is 4.00. The van der Waals surface area contributed by atoms with E-state index in [0.29, 0.717) is 17.1 Å². The number of phenolic OH excluding ortho intramolecular Hbond substituents is 1. The zero-order valence-electron chi connectivity index (χ0n) is 16.5. The van der Waals surface area contributed by atoms with Gasteiger partial charge < -0.3 is 5.11 Å². The average molecular weight is 409 g/mol. The highest BCUT2D eigenvalue weighted by molar-refractivity contribution is 7.78. The van der Waals surface area contributed by atoms with Crippen molar-refractivity contribution in [2.45, 2.75) is 45.6 Å². The van der Waals surface area contributed by atoms with Gasteiger partial charge in [-0.25, -0.2) is 9.78 Å². The number of aromatic hydroxyl groups is 1. The Labute approximate surface area is 175 Å². The summed E-state index contributed by atoms with van der Waals surface area (Å²) in [6.07, 6.45) is 5.78. The zero-order chi connectivity index (χ0) is 20.5. The lowest BCUT2D eigenvalue weighted by molar-refractivity contribution is 0.230. The van der Waals surface area contributed by atoms with E-state index in [1.807, 2.05) is 44.2 Å². The molecular weight excluding hydrogens is 384 g/mol. The lowest BCUT2D eigenvalue weighted by atomic mass is 9.99. The molecule has 1 aliphatic carbocycles. The van der Waals surface area contributed by atoms with Crippen molar-refractivity contribution in [3.8, 4) is 16.9 Å². The van der Waals surface area contributed by atoms with Crippen LogP contribution in [0.5, 0.6) is 5.75 Å². The lowest BCUT2D eigenvalue weighted by Crippen LogP contribution is -2.34. The molecule has 1 aromatic heterocycles. The number of fused-ring (bicyclic) bond motifs is 1. The van der Waals surface area contributed by atoms with Crippen molar-refractivity contribution >= 4 is 35.7 Å². The molecule has 7 heteroatoms. The van der Waals surface area contributed by atoms with Gasteiger partial charge in [0.1, 0.15) is 5.75 Å². The maximum atomic E-state index is 12.5. The summed E-state index contributed by atoms with van der Waals surface area (Å²) in [7, 11) is 0. The van der Waals surface area contributed by atoms with Crippen molar-refractivity contribution in [2.24, 2.45) is 0 Å². The van der Waals surface area contributed by atoms with Crippen molar-refractivity contribution in [1.82, 2.24) is 14.3 Å². The molecule has 1 saturated carbocycles. The molecule has 2 aromatic carbocycles. The fourth-order valence-corrected chi connectivity index (χ4v) is 4.14. The lowest BCUT2D eigenvalue weighted by Gasteiger charge is -2.22. The molecule has 6 nitrogen and oxygen atoms in total. The Morgan fingerprint density at radius 2 is 1.79 bits per heavy atom. The van der Waals surface area contributed by atoms with Gasteiger partial charge in [0.2, 0.25) is 0 Å². The van der Waals surface area contributed by atoms with E-state index in [0.717, 1.165) is 53.5 Å². The number of carbonyl (C=O) groups excluding carboxylic acids is 1. The third-order valence-corrected chi connectivity index (χ3v) is 5.99. The Morgan fingerprint density at radius 3 is 2.48 bits per heavy atom. The number of benzene rings is 2. The summed E-state index contributed by atoms with van der Waals surface area (Å²) in [4.78, 5) is 21.5. The maximum absolute atomic E-state index is 12.5. The number of thiol groups is 1. The minimum absolute atomic E-state index is 0.166. The summed E-state index contributed by atoms with van der Waals surface area (Å²) in [5.74, 6) is 0.715. The summed E-state index contributed by atoms with van der Waals surface area (Å²) in [5, 5.41) is 12.8. The topological polar surface area (TPSA) is 78.4 Å². The molecule has 0 aliphatic heterocycles. The van der Waals surface area contributed by atoms with E-state index >= 15 is 0 Å². The van der Waals surface area contributed by atoms with Crippen LogP contribution in [0.2, 0.25) is 0 Å². The molecule has 4 rings (SSSR count). The fourth-order valence-electron chi connectivity index (χ4n) is 3.86. The van der Waals surface area contributed by atoms with Gasteiger partial charge >= 0.3 is 6.03 Å². The maximum Gasteiger partial charge on any atom is 0.333 e. The number of aryl methyl sites for hydroxylation is 2. The monoisotopic (exact) mass is 408 g/mol. The number of aromatic nitrogens is 2. The van der Waals surface area contributed by atoms with E-state index in [1.165, 1.54) is 4.31 Å². The number of phenols is 1. The summed E-state index contributed by atoms with van der Waals surface area (Å²) in [5.41, 5.74) is 5.07. The quantitative estimate of drug-likeness (QED) is 0.518. The van der Waals surface area contributed by atoms with Crippen LogP contribution in [0.4, 0.5) is 10.6 Å². The second-order valence-corrected chi connectivity index (χ2v) is 8.06. The Kier molecular flexibility index (Phi) is 5.32. The summed E-state index contributed by atoms with van der Waals surface area (Å²) >= 11 is 4.37. The van der Waals surface area contributed by atoms with Gasteiger partial charge in [0.25, 0.3) is 0 Å². The van der Waals surface area contributed by atoms with E-state index in [-0.39, 0.29) is 12.1 Å². The van der Waals surface area contributed by atoms with Crippen molar-refractivity contribution in [3.63, 3.8) is 0 Å². The molecule has 1 aliphatic rings. The molecule has 150 valence electrons. The molecule has 0 atom stereocenters. The predicted molar refractivity (Wildman–Crippen MR) is 118 cm³/mol. The Bertz CT molecular complexity index is 1060. The van der Waals surface area contributed by atoms with E-state index in [2.05, 4.69) is 28.1 Å². The molecule has 0 unspecified atom stereocenters. The molecule has 0 saturated heterocycles. The Morgan fingerprint density at radius 1 is 1.10 bits per heavy atom. The molecule has 29 heavy (non-hydrogen) atoms. The second kappa shape index (κ2) is 7.91. The normalized spacial score (nSPS) is 14.3. The van der Waals surface area contributed by atoms with Crippen LogP contribution in [-0.2, 0) is 0 Å². The third-order valence-electron chi connectivity index (χ3n) is 5.48. The molecule has 3 aromatic rings. The second-order valence-electron chi connectivity index (χ2n) is 7.63. The molecule has 2 amide bonds. The minimum Gasteiger partial charge on any atom is -0.507 e. The zero-order valence-corrected chi connectivity index (χ0v) is 17.4. The van der Waals surface area contributed by atoms with Gasteiger partial charge in [-0.3, -0.25) is 14.6 Å². The first-order valence-corrected chi connectivity index (χ1v) is 10.2. The molecule has 0 radical (unpaired) electrons. The molecular formula is C22H24N4O2S. The standard InChI is InChI=1S/C22H24N4O2S/c1-13-9-16(10-14(2)21(13)27)15-7-8-18-19(11-15)24-20(12-23-18)25-22(28)26(29)17-5-3-4-6-17/h7-12,17,27,29H,3-6H2,1-2H3,(H,24,25,28). The van der Waals surface area contributed by atoms with Gasteiger partial charge in [-0.1, -0.05) is 31.7 Å². The van der Waals surface area contributed by atoms with E-state index in [4.69, 9.17) is 0 Å². The van der Waals surface area contributed by atoms with Gasteiger partial charge in [0, 0.05) is 6.04 Å². The highest BCUT2D eigenvalue weighted by Crippen LogP contribution is 2.30. The fraction of sp³-hybridized carbons (Fsp3) is 0.318. The first-order chi connectivity index (χ1) is 13.9. The largest absolute Gasteiger partial charge is 0.507 e. The highest BCUT2D eigenvalue weighted by atomic mass is 32.1. The summed E-state index contributed by atoms with van der Waals surface area (Å²) < 4.78 is 1.47. The van der Waals surface area contributed by atoms with Crippen molar-refractivity contribution < 1.29 is 9.90 Å². The van der Waals surface area contributed by atoms with Crippen LogP contribution < -0.4 is 5.32 Å². The van der Waals surface area contributed by atoms with Crippen LogP contribution in [-0.4, -0.2) is 31.5 Å². The van der Waals surface area contributed by atoms with Gasteiger partial charge in [-0.15, -0.1) is 0 Å². The number of carbonyl (C=O) groups is 1. The summed E-state index contributed by atoms with van der Waals surface area (Å²) in [6.45, 7) is 3.77. The number of hydrogen-bond acceptors (Lipinski definition) is 5. The van der Waals surface area contributed by atoms with Crippen molar-refractivity contribution in [2.75, 3.05) is 5.32 Å². The first-order valence-electron chi connectivity index (χ1n) is 9.79. The molecule has 1 heterocycles. The Balaban J connectivity index is 1.61. The Hall–Kier alpha value is -2.80. The highest BCUT2D eigenvalue weighted by Gasteiger charge is 2.24. The minimum atomic E-state index is -0.283. The van der Waals surface area contributed by atoms with Gasteiger partial charge in [0.15, 0.2) is 5.82 Å². The van der Waals surface area contributed by atoms with E-state index in [1.54, 1.807) is 6.20 Å². The van der Waals surface area contributed by atoms with E-state index in [9.17, 15) is 9.90 Å². The van der Waals surface area contributed by atoms with Gasteiger partial charge in [-0.2, -0.15) is 0 Å². The number of urea groups is 1. The summed E-state index contributed by atoms with van der Waals surface area (Å²) in [6, 6.07) is 9.61. The van der Waals surface area contributed by atoms with Gasteiger partial charge in [-0.05, 0) is 73.2 Å². The molecule has 0 spiro atoms. The van der Waals surface area contributed by atoms with Crippen molar-refractivity contribution in [3.05, 3.63) is 47.7 Å². The smallest absolute Gasteiger partial charge is 0.333 e. The number of anilines is 1. The number of nitrogens with one attached hydrogen (secondary N) is 1. The number of hydrogen-bond donors (Lipinski definition) is 3. The van der Waals surface area contributed by atoms with Crippen LogP contribution >= 0.6 is 12.8 Å². The number of rotatable bonds is 3.